The lowest BCUT2D eigenvalue weighted by Gasteiger charge is -2.26. The molecule has 1 aliphatic rings. The highest BCUT2D eigenvalue weighted by Crippen LogP contribution is 2.30. The summed E-state index contributed by atoms with van der Waals surface area (Å²) in [6.45, 7) is 4.67. The van der Waals surface area contributed by atoms with Crippen molar-refractivity contribution in [2.45, 2.75) is 44.1 Å². The van der Waals surface area contributed by atoms with E-state index in [1.54, 1.807) is 19.9 Å². The highest BCUT2D eigenvalue weighted by atomic mass is 32.2. The second kappa shape index (κ2) is 10.1. The predicted molar refractivity (Wildman–Crippen MR) is 115 cm³/mol. The molecule has 1 heterocycles. The molecule has 7 nitrogen and oxygen atoms in total. The zero-order chi connectivity index (χ0) is 22.4. The molecule has 2 aromatic carbocycles. The van der Waals surface area contributed by atoms with Crippen molar-refractivity contribution in [2.75, 3.05) is 25.0 Å². The first-order valence-electron chi connectivity index (χ1n) is 10.3. The SMILES string of the molecule is CCOc1ccc(S(=O)(=O)N2CCCCC2)cc1NC(=O)C(C)Oc1ccc(F)cc1. The van der Waals surface area contributed by atoms with Crippen LogP contribution in [0.2, 0.25) is 0 Å². The smallest absolute Gasteiger partial charge is 0.265 e. The number of nitrogens with zero attached hydrogens (tertiary/aromatic N) is 1. The maximum atomic E-state index is 13.1. The van der Waals surface area contributed by atoms with Crippen molar-refractivity contribution in [3.63, 3.8) is 0 Å². The van der Waals surface area contributed by atoms with Crippen LogP contribution >= 0.6 is 0 Å². The molecule has 1 saturated heterocycles. The lowest BCUT2D eigenvalue weighted by molar-refractivity contribution is -0.122. The molecular weight excluding hydrogens is 423 g/mol. The summed E-state index contributed by atoms with van der Waals surface area (Å²) in [5, 5.41) is 2.70. The topological polar surface area (TPSA) is 84.9 Å². The van der Waals surface area contributed by atoms with Gasteiger partial charge in [0.1, 0.15) is 17.3 Å². The summed E-state index contributed by atoms with van der Waals surface area (Å²) < 4.78 is 51.7. The summed E-state index contributed by atoms with van der Waals surface area (Å²) in [5.74, 6) is -0.187. The molecule has 1 amide bonds. The third-order valence-electron chi connectivity index (χ3n) is 4.96. The number of ether oxygens (including phenoxy) is 2. The number of piperidine rings is 1. The van der Waals surface area contributed by atoms with E-state index in [1.807, 2.05) is 0 Å². The minimum Gasteiger partial charge on any atom is -0.492 e. The van der Waals surface area contributed by atoms with Crippen molar-refractivity contribution in [1.29, 1.82) is 0 Å². The Bertz CT molecular complexity index is 1010. The highest BCUT2D eigenvalue weighted by molar-refractivity contribution is 7.89. The molecule has 0 bridgehead atoms. The van der Waals surface area contributed by atoms with Gasteiger partial charge in [0.2, 0.25) is 10.0 Å². The molecule has 31 heavy (non-hydrogen) atoms. The summed E-state index contributed by atoms with van der Waals surface area (Å²) in [6.07, 6.45) is 1.78. The van der Waals surface area contributed by atoms with Gasteiger partial charge in [-0.3, -0.25) is 4.79 Å². The molecule has 1 N–H and O–H groups in total. The zero-order valence-corrected chi connectivity index (χ0v) is 18.5. The predicted octanol–water partition coefficient (Wildman–Crippen LogP) is 3.81. The number of hydrogen-bond acceptors (Lipinski definition) is 5. The summed E-state index contributed by atoms with van der Waals surface area (Å²) in [7, 11) is -3.67. The number of sulfonamides is 1. The van der Waals surface area contributed by atoms with Gasteiger partial charge in [0.15, 0.2) is 6.10 Å². The Morgan fingerprint density at radius 1 is 1.13 bits per heavy atom. The summed E-state index contributed by atoms with van der Waals surface area (Å²) >= 11 is 0. The Labute approximate surface area is 182 Å². The van der Waals surface area contributed by atoms with Crippen LogP contribution in [0.25, 0.3) is 0 Å². The van der Waals surface area contributed by atoms with Gasteiger partial charge in [0.05, 0.1) is 17.2 Å². The van der Waals surface area contributed by atoms with E-state index >= 15 is 0 Å². The fraction of sp³-hybridized carbons (Fsp3) is 0.409. The fourth-order valence-corrected chi connectivity index (χ4v) is 4.85. The Kier molecular flexibility index (Phi) is 7.50. The number of carbonyl (C=O) groups is 1. The molecule has 168 valence electrons. The van der Waals surface area contributed by atoms with Crippen molar-refractivity contribution < 1.29 is 27.1 Å². The molecule has 1 fully saturated rings. The largest absolute Gasteiger partial charge is 0.492 e. The number of nitrogens with one attached hydrogen (secondary N) is 1. The van der Waals surface area contributed by atoms with Gasteiger partial charge in [-0.05, 0) is 69.2 Å². The Hall–Kier alpha value is -2.65. The zero-order valence-electron chi connectivity index (χ0n) is 17.6. The summed E-state index contributed by atoms with van der Waals surface area (Å²) in [5.41, 5.74) is 0.250. The monoisotopic (exact) mass is 450 g/mol. The minimum absolute atomic E-state index is 0.0975. The van der Waals surface area contributed by atoms with Crippen molar-refractivity contribution in [3.05, 3.63) is 48.3 Å². The van der Waals surface area contributed by atoms with Crippen LogP contribution in [0.3, 0.4) is 0 Å². The second-order valence-electron chi connectivity index (χ2n) is 7.26. The Morgan fingerprint density at radius 3 is 2.45 bits per heavy atom. The first-order valence-corrected chi connectivity index (χ1v) is 11.8. The molecule has 9 heteroatoms. The van der Waals surface area contributed by atoms with Gasteiger partial charge in [-0.15, -0.1) is 0 Å². The molecule has 1 unspecified atom stereocenters. The van der Waals surface area contributed by atoms with E-state index in [9.17, 15) is 17.6 Å². The molecule has 0 spiro atoms. The first kappa shape index (κ1) is 23.0. The highest BCUT2D eigenvalue weighted by Gasteiger charge is 2.27. The average molecular weight is 451 g/mol. The Balaban J connectivity index is 1.80. The quantitative estimate of drug-likeness (QED) is 0.661. The molecule has 1 atom stereocenters. The van der Waals surface area contributed by atoms with Crippen LogP contribution in [-0.4, -0.2) is 44.4 Å². The summed E-state index contributed by atoms with van der Waals surface area (Å²) in [6, 6.07) is 9.78. The van der Waals surface area contributed by atoms with E-state index < -0.39 is 27.9 Å². The van der Waals surface area contributed by atoms with Gasteiger partial charge in [-0.2, -0.15) is 4.31 Å². The fourth-order valence-electron chi connectivity index (χ4n) is 3.31. The van der Waals surface area contributed by atoms with E-state index in [0.717, 1.165) is 19.3 Å². The number of carbonyl (C=O) groups excluding carboxylic acids is 1. The molecule has 0 aliphatic carbocycles. The number of rotatable bonds is 8. The van der Waals surface area contributed by atoms with E-state index in [2.05, 4.69) is 5.32 Å². The van der Waals surface area contributed by atoms with Crippen LogP contribution in [0.5, 0.6) is 11.5 Å². The third-order valence-corrected chi connectivity index (χ3v) is 6.85. The second-order valence-corrected chi connectivity index (χ2v) is 9.20. The van der Waals surface area contributed by atoms with E-state index in [-0.39, 0.29) is 10.6 Å². The van der Waals surface area contributed by atoms with Crippen molar-refractivity contribution in [1.82, 2.24) is 4.31 Å². The molecule has 0 saturated carbocycles. The maximum Gasteiger partial charge on any atom is 0.265 e. The van der Waals surface area contributed by atoms with Crippen LogP contribution in [0.1, 0.15) is 33.1 Å². The van der Waals surface area contributed by atoms with E-state index in [0.29, 0.717) is 31.2 Å². The standard InChI is InChI=1S/C22H27FN2O5S/c1-3-29-21-12-11-19(31(27,28)25-13-5-4-6-14-25)15-20(21)24-22(26)16(2)30-18-9-7-17(23)8-10-18/h7-12,15-16H,3-6,13-14H2,1-2H3,(H,24,26). The van der Waals surface area contributed by atoms with Gasteiger partial charge in [0, 0.05) is 13.1 Å². The first-order chi connectivity index (χ1) is 14.8. The summed E-state index contributed by atoms with van der Waals surface area (Å²) in [4.78, 5) is 12.8. The molecule has 0 aromatic heterocycles. The normalized spacial score (nSPS) is 15.8. The van der Waals surface area contributed by atoms with E-state index in [1.165, 1.54) is 40.7 Å². The number of amides is 1. The van der Waals surface area contributed by atoms with Gasteiger partial charge in [-0.25, -0.2) is 12.8 Å². The van der Waals surface area contributed by atoms with Crippen LogP contribution in [-0.2, 0) is 14.8 Å². The van der Waals surface area contributed by atoms with Crippen molar-refractivity contribution in [2.24, 2.45) is 0 Å². The van der Waals surface area contributed by atoms with Gasteiger partial charge >= 0.3 is 0 Å². The van der Waals surface area contributed by atoms with E-state index in [4.69, 9.17) is 9.47 Å². The van der Waals surface area contributed by atoms with Crippen LogP contribution in [0.15, 0.2) is 47.4 Å². The molecule has 0 radical (unpaired) electrons. The average Bonchev–Trinajstić information content (AvgIpc) is 2.77. The third kappa shape index (κ3) is 5.74. The lowest BCUT2D eigenvalue weighted by atomic mass is 10.2. The molecule has 3 rings (SSSR count). The lowest BCUT2D eigenvalue weighted by Crippen LogP contribution is -2.35. The Morgan fingerprint density at radius 2 is 1.81 bits per heavy atom. The van der Waals surface area contributed by atoms with Crippen molar-refractivity contribution in [3.8, 4) is 11.5 Å². The van der Waals surface area contributed by atoms with Gasteiger partial charge < -0.3 is 14.8 Å². The van der Waals surface area contributed by atoms with Crippen LogP contribution in [0, 0.1) is 5.82 Å². The van der Waals surface area contributed by atoms with Crippen molar-refractivity contribution >= 4 is 21.6 Å². The molecule has 2 aromatic rings. The van der Waals surface area contributed by atoms with Gasteiger partial charge in [-0.1, -0.05) is 6.42 Å². The number of hydrogen-bond donors (Lipinski definition) is 1. The number of halogens is 1. The minimum atomic E-state index is -3.67. The molecule has 1 aliphatic heterocycles. The number of anilines is 1. The maximum absolute atomic E-state index is 13.1. The van der Waals surface area contributed by atoms with Crippen LogP contribution < -0.4 is 14.8 Å². The molecular formula is C22H27FN2O5S. The van der Waals surface area contributed by atoms with Crippen LogP contribution in [0.4, 0.5) is 10.1 Å². The number of benzene rings is 2. The van der Waals surface area contributed by atoms with Gasteiger partial charge in [0.25, 0.3) is 5.91 Å².